The molecule has 1 aliphatic heterocycles. The van der Waals surface area contributed by atoms with Crippen LogP contribution in [0.1, 0.15) is 21.5 Å². The molecule has 0 bridgehead atoms. The number of carboxylic acids is 1. The number of hydrogen-bond donors (Lipinski definition) is 2. The number of halogens is 1. The molecule has 1 amide bonds. The molecule has 4 rings (SSSR count). The van der Waals surface area contributed by atoms with Gasteiger partial charge in [0.1, 0.15) is 5.75 Å². The number of nitrogens with zero attached hydrogens (tertiary/aromatic N) is 2. The number of aromatic nitrogens is 1. The van der Waals surface area contributed by atoms with Gasteiger partial charge in [-0.25, -0.2) is 9.59 Å². The van der Waals surface area contributed by atoms with E-state index in [1.807, 2.05) is 6.07 Å². The van der Waals surface area contributed by atoms with Crippen molar-refractivity contribution < 1.29 is 19.8 Å². The Morgan fingerprint density at radius 1 is 1.24 bits per heavy atom. The molecule has 3 aromatic rings. The van der Waals surface area contributed by atoms with E-state index >= 15 is 0 Å². The fraction of sp³-hybridized carbons (Fsp3) is 0.111. The van der Waals surface area contributed by atoms with Crippen LogP contribution >= 0.6 is 11.6 Å². The second kappa shape index (κ2) is 5.53. The van der Waals surface area contributed by atoms with Crippen LogP contribution < -0.4 is 0 Å². The topological polar surface area (TPSA) is 82.8 Å². The minimum atomic E-state index is -1.12. The summed E-state index contributed by atoms with van der Waals surface area (Å²) in [7, 11) is 0. The first-order valence-corrected chi connectivity index (χ1v) is 7.96. The molecule has 0 aliphatic carbocycles. The van der Waals surface area contributed by atoms with Crippen molar-refractivity contribution in [2.24, 2.45) is 0 Å². The van der Waals surface area contributed by atoms with Crippen molar-refractivity contribution in [2.75, 3.05) is 0 Å². The smallest absolute Gasteiger partial charge is 0.337 e. The summed E-state index contributed by atoms with van der Waals surface area (Å²) in [5.74, 6) is -0.983. The molecule has 0 unspecified atom stereocenters. The molecule has 7 heteroatoms. The summed E-state index contributed by atoms with van der Waals surface area (Å²) < 4.78 is 1.44. The van der Waals surface area contributed by atoms with Crippen molar-refractivity contribution in [3.8, 4) is 5.75 Å². The molecule has 0 saturated carbocycles. The van der Waals surface area contributed by atoms with Crippen LogP contribution in [0.5, 0.6) is 5.75 Å². The van der Waals surface area contributed by atoms with Gasteiger partial charge in [-0.3, -0.25) is 4.57 Å². The fourth-order valence-corrected chi connectivity index (χ4v) is 3.62. The van der Waals surface area contributed by atoms with E-state index in [0.717, 1.165) is 11.1 Å². The molecule has 1 aliphatic rings. The quantitative estimate of drug-likeness (QED) is 0.749. The van der Waals surface area contributed by atoms with Gasteiger partial charge in [0.2, 0.25) is 0 Å². The van der Waals surface area contributed by atoms with Gasteiger partial charge in [0, 0.05) is 24.7 Å². The van der Waals surface area contributed by atoms with E-state index in [0.29, 0.717) is 24.0 Å². The maximum absolute atomic E-state index is 12.8. The molecular weight excluding hydrogens is 344 g/mol. The first-order valence-electron chi connectivity index (χ1n) is 7.58. The SMILES string of the molecule is O=C(O)c1c(Cl)cc2c3c1ccn3C(=O)N(Cc1cccc(O)c1)C2. The van der Waals surface area contributed by atoms with E-state index in [-0.39, 0.29) is 22.4 Å². The van der Waals surface area contributed by atoms with Gasteiger partial charge in [-0.05, 0) is 35.4 Å². The Labute approximate surface area is 147 Å². The zero-order valence-corrected chi connectivity index (χ0v) is 13.7. The summed E-state index contributed by atoms with van der Waals surface area (Å²) in [6.07, 6.45) is 1.56. The summed E-state index contributed by atoms with van der Waals surface area (Å²) in [6.45, 7) is 0.638. The maximum Gasteiger partial charge on any atom is 0.337 e. The number of carboxylic acid groups (broad SMARTS) is 1. The standard InChI is InChI=1S/C18H13ClN2O4/c19-14-7-11-9-20(8-10-2-1-3-12(22)6-10)18(25)21-5-4-13(16(11)21)15(14)17(23)24/h1-7,22H,8-9H2,(H,23,24). The zero-order chi connectivity index (χ0) is 17.7. The predicted octanol–water partition coefficient (Wildman–Crippen LogP) is 3.68. The molecule has 1 aromatic heterocycles. The lowest BCUT2D eigenvalue weighted by atomic mass is 10.0. The van der Waals surface area contributed by atoms with Crippen molar-refractivity contribution >= 4 is 34.5 Å². The minimum absolute atomic E-state index is 0.00778. The van der Waals surface area contributed by atoms with Crippen LogP contribution in [0, 0.1) is 0 Å². The summed E-state index contributed by atoms with van der Waals surface area (Å²) in [5.41, 5.74) is 2.18. The van der Waals surface area contributed by atoms with Crippen LogP contribution in [0.15, 0.2) is 42.6 Å². The Kier molecular flexibility index (Phi) is 3.43. The summed E-state index contributed by atoms with van der Waals surface area (Å²) in [5, 5.41) is 19.6. The van der Waals surface area contributed by atoms with Gasteiger partial charge in [0.05, 0.1) is 16.1 Å². The maximum atomic E-state index is 12.8. The van der Waals surface area contributed by atoms with E-state index < -0.39 is 5.97 Å². The summed E-state index contributed by atoms with van der Waals surface area (Å²) >= 11 is 6.15. The molecule has 25 heavy (non-hydrogen) atoms. The van der Waals surface area contributed by atoms with Crippen LogP contribution in [0.4, 0.5) is 4.79 Å². The molecular formula is C18H13ClN2O4. The van der Waals surface area contributed by atoms with Crippen molar-refractivity contribution in [1.82, 2.24) is 9.47 Å². The van der Waals surface area contributed by atoms with Gasteiger partial charge in [-0.2, -0.15) is 0 Å². The molecule has 2 heterocycles. The third-order valence-corrected chi connectivity index (χ3v) is 4.63. The fourth-order valence-electron chi connectivity index (χ4n) is 3.31. The van der Waals surface area contributed by atoms with Crippen LogP contribution in [0.2, 0.25) is 5.02 Å². The van der Waals surface area contributed by atoms with Crippen LogP contribution in [0.25, 0.3) is 10.9 Å². The monoisotopic (exact) mass is 356 g/mol. The Morgan fingerprint density at radius 3 is 2.76 bits per heavy atom. The number of hydrogen-bond acceptors (Lipinski definition) is 3. The third-order valence-electron chi connectivity index (χ3n) is 4.34. The van der Waals surface area contributed by atoms with Gasteiger partial charge in [0.15, 0.2) is 0 Å². The summed E-state index contributed by atoms with van der Waals surface area (Å²) in [4.78, 5) is 25.9. The van der Waals surface area contributed by atoms with E-state index in [2.05, 4.69) is 0 Å². The van der Waals surface area contributed by atoms with Crippen molar-refractivity contribution in [3.63, 3.8) is 0 Å². The summed E-state index contributed by atoms with van der Waals surface area (Å²) in [6, 6.07) is 9.68. The Balaban J connectivity index is 1.79. The predicted molar refractivity (Wildman–Crippen MR) is 92.1 cm³/mol. The Bertz CT molecular complexity index is 1040. The lowest BCUT2D eigenvalue weighted by Crippen LogP contribution is -2.37. The van der Waals surface area contributed by atoms with Crippen molar-refractivity contribution in [2.45, 2.75) is 13.1 Å². The molecule has 0 radical (unpaired) electrons. The zero-order valence-electron chi connectivity index (χ0n) is 12.9. The van der Waals surface area contributed by atoms with Gasteiger partial charge < -0.3 is 15.1 Å². The number of phenolic OH excluding ortho intramolecular Hbond substituents is 1. The third kappa shape index (κ3) is 2.42. The van der Waals surface area contributed by atoms with Crippen LogP contribution in [-0.4, -0.2) is 31.7 Å². The Hall–Kier alpha value is -2.99. The highest BCUT2D eigenvalue weighted by atomic mass is 35.5. The first-order chi connectivity index (χ1) is 12.0. The number of benzene rings is 2. The lowest BCUT2D eigenvalue weighted by molar-refractivity contribution is 0.0699. The second-order valence-corrected chi connectivity index (χ2v) is 6.36. The van der Waals surface area contributed by atoms with Gasteiger partial charge in [-0.15, -0.1) is 0 Å². The van der Waals surface area contributed by atoms with Crippen molar-refractivity contribution in [3.05, 3.63) is 64.3 Å². The number of aromatic carboxylic acids is 1. The minimum Gasteiger partial charge on any atom is -0.508 e. The van der Waals surface area contributed by atoms with E-state index in [1.54, 1.807) is 41.4 Å². The number of carbonyl (C=O) groups is 2. The van der Waals surface area contributed by atoms with Crippen molar-refractivity contribution in [1.29, 1.82) is 0 Å². The first kappa shape index (κ1) is 15.5. The molecule has 0 spiro atoms. The van der Waals surface area contributed by atoms with Crippen LogP contribution in [-0.2, 0) is 13.1 Å². The van der Waals surface area contributed by atoms with Crippen LogP contribution in [0.3, 0.4) is 0 Å². The average Bonchev–Trinajstić information content (AvgIpc) is 2.97. The number of amides is 1. The van der Waals surface area contributed by atoms with Gasteiger partial charge in [-0.1, -0.05) is 23.7 Å². The molecule has 0 saturated heterocycles. The highest BCUT2D eigenvalue weighted by molar-refractivity contribution is 6.35. The molecule has 2 aromatic carbocycles. The second-order valence-electron chi connectivity index (χ2n) is 5.95. The molecule has 2 N–H and O–H groups in total. The molecule has 6 nitrogen and oxygen atoms in total. The largest absolute Gasteiger partial charge is 0.508 e. The highest BCUT2D eigenvalue weighted by Gasteiger charge is 2.29. The van der Waals surface area contributed by atoms with E-state index in [9.17, 15) is 19.8 Å². The van der Waals surface area contributed by atoms with E-state index in [4.69, 9.17) is 11.6 Å². The Morgan fingerprint density at radius 2 is 2.04 bits per heavy atom. The molecule has 126 valence electrons. The highest BCUT2D eigenvalue weighted by Crippen LogP contribution is 2.34. The number of rotatable bonds is 3. The number of aromatic hydroxyl groups is 1. The molecule has 0 atom stereocenters. The lowest BCUT2D eigenvalue weighted by Gasteiger charge is -2.29. The normalized spacial score (nSPS) is 13.5. The van der Waals surface area contributed by atoms with Gasteiger partial charge >= 0.3 is 12.0 Å². The number of carbonyl (C=O) groups excluding carboxylic acids is 1. The van der Waals surface area contributed by atoms with E-state index in [1.165, 1.54) is 4.57 Å². The number of phenols is 1. The average molecular weight is 357 g/mol. The van der Waals surface area contributed by atoms with Gasteiger partial charge in [0.25, 0.3) is 0 Å². The molecule has 0 fully saturated rings.